The number of hydrogen-bond acceptors (Lipinski definition) is 5. The molecule has 2 aromatic rings. The third-order valence-electron chi connectivity index (χ3n) is 3.31. The molecule has 0 aliphatic rings. The number of carbonyl (C=O) groups excluding carboxylic acids is 2. The fraction of sp³-hybridized carbons (Fsp3) is 0.111. The molecule has 0 spiro atoms. The zero-order valence-corrected chi connectivity index (χ0v) is 15.5. The summed E-state index contributed by atoms with van der Waals surface area (Å²) in [4.78, 5) is 24.2. The van der Waals surface area contributed by atoms with Gasteiger partial charge in [-0.1, -0.05) is 23.2 Å². The molecule has 8 heteroatoms. The highest BCUT2D eigenvalue weighted by Crippen LogP contribution is 2.25. The van der Waals surface area contributed by atoms with E-state index in [-0.39, 0.29) is 5.70 Å². The van der Waals surface area contributed by atoms with Crippen molar-refractivity contribution < 1.29 is 19.1 Å². The predicted molar refractivity (Wildman–Crippen MR) is 101 cm³/mol. The van der Waals surface area contributed by atoms with E-state index < -0.39 is 11.9 Å². The van der Waals surface area contributed by atoms with Gasteiger partial charge in [-0.05, 0) is 42.5 Å². The number of ether oxygens (including phenoxy) is 2. The molecule has 6 nitrogen and oxygen atoms in total. The van der Waals surface area contributed by atoms with Crippen molar-refractivity contribution >= 4 is 40.8 Å². The van der Waals surface area contributed by atoms with E-state index in [9.17, 15) is 9.59 Å². The van der Waals surface area contributed by atoms with Crippen molar-refractivity contribution in [2.24, 2.45) is 0 Å². The molecule has 26 heavy (non-hydrogen) atoms. The van der Waals surface area contributed by atoms with Crippen molar-refractivity contribution in [1.29, 1.82) is 0 Å². The Labute approximate surface area is 160 Å². The molecule has 0 fully saturated rings. The molecule has 0 atom stereocenters. The first-order valence-corrected chi connectivity index (χ1v) is 8.15. The Morgan fingerprint density at radius 3 is 2.31 bits per heavy atom. The van der Waals surface area contributed by atoms with Crippen LogP contribution in [0.25, 0.3) is 0 Å². The first-order chi connectivity index (χ1) is 12.4. The van der Waals surface area contributed by atoms with E-state index in [1.54, 1.807) is 42.5 Å². The van der Waals surface area contributed by atoms with Gasteiger partial charge in [-0.3, -0.25) is 4.79 Å². The molecule has 2 rings (SSSR count). The second-order valence-corrected chi connectivity index (χ2v) is 5.84. The lowest BCUT2D eigenvalue weighted by atomic mass is 10.2. The van der Waals surface area contributed by atoms with Crippen molar-refractivity contribution in [3.63, 3.8) is 0 Å². The van der Waals surface area contributed by atoms with E-state index in [1.807, 2.05) is 0 Å². The number of rotatable bonds is 6. The first kappa shape index (κ1) is 19.6. The maximum Gasteiger partial charge on any atom is 0.356 e. The molecule has 0 heterocycles. The van der Waals surface area contributed by atoms with Crippen LogP contribution in [0.5, 0.6) is 5.75 Å². The number of amides is 1. The highest BCUT2D eigenvalue weighted by atomic mass is 35.5. The lowest BCUT2D eigenvalue weighted by molar-refractivity contribution is -0.136. The second-order valence-electron chi connectivity index (χ2n) is 5.00. The number of hydrogen-bond donors (Lipinski definition) is 2. The Kier molecular flexibility index (Phi) is 6.89. The van der Waals surface area contributed by atoms with Crippen LogP contribution in [-0.4, -0.2) is 26.1 Å². The first-order valence-electron chi connectivity index (χ1n) is 7.40. The van der Waals surface area contributed by atoms with Gasteiger partial charge in [0.1, 0.15) is 11.4 Å². The van der Waals surface area contributed by atoms with Gasteiger partial charge in [-0.2, -0.15) is 0 Å². The Morgan fingerprint density at radius 2 is 1.73 bits per heavy atom. The van der Waals surface area contributed by atoms with Crippen LogP contribution < -0.4 is 15.4 Å². The molecule has 136 valence electrons. The van der Waals surface area contributed by atoms with Crippen LogP contribution in [0.3, 0.4) is 0 Å². The van der Waals surface area contributed by atoms with Crippen molar-refractivity contribution in [2.75, 3.05) is 19.5 Å². The van der Waals surface area contributed by atoms with E-state index in [1.165, 1.54) is 20.4 Å². The van der Waals surface area contributed by atoms with Gasteiger partial charge in [0, 0.05) is 16.8 Å². The number of methoxy groups -OCH3 is 2. The summed E-state index contributed by atoms with van der Waals surface area (Å²) in [5.41, 5.74) is 0.778. The van der Waals surface area contributed by atoms with Gasteiger partial charge in [0.25, 0.3) is 5.91 Å². The zero-order valence-electron chi connectivity index (χ0n) is 14.0. The highest BCUT2D eigenvalue weighted by Gasteiger charge is 2.15. The van der Waals surface area contributed by atoms with Gasteiger partial charge in [0.05, 0.1) is 24.9 Å². The van der Waals surface area contributed by atoms with Gasteiger partial charge in [0.15, 0.2) is 0 Å². The average molecular weight is 395 g/mol. The van der Waals surface area contributed by atoms with Crippen molar-refractivity contribution in [2.45, 2.75) is 0 Å². The number of anilines is 1. The Morgan fingerprint density at radius 1 is 1.04 bits per heavy atom. The molecular weight excluding hydrogens is 379 g/mol. The maximum absolute atomic E-state index is 12.3. The minimum Gasteiger partial charge on any atom is -0.497 e. The smallest absolute Gasteiger partial charge is 0.356 e. The highest BCUT2D eigenvalue weighted by molar-refractivity contribution is 6.36. The topological polar surface area (TPSA) is 76.7 Å². The third-order valence-corrected chi connectivity index (χ3v) is 3.86. The molecule has 1 amide bonds. The molecule has 0 bridgehead atoms. The number of carbonyl (C=O) groups is 2. The molecule has 0 radical (unpaired) electrons. The molecule has 2 aromatic carbocycles. The van der Waals surface area contributed by atoms with E-state index >= 15 is 0 Å². The van der Waals surface area contributed by atoms with E-state index in [0.29, 0.717) is 27.0 Å². The van der Waals surface area contributed by atoms with E-state index in [4.69, 9.17) is 27.9 Å². The molecule has 0 aromatic heterocycles. The van der Waals surface area contributed by atoms with Crippen LogP contribution in [-0.2, 0) is 9.53 Å². The SMILES string of the molecule is COC(=O)/C(=C/Nc1ccc(Cl)cc1Cl)NC(=O)c1ccc(OC)cc1. The van der Waals surface area contributed by atoms with Gasteiger partial charge >= 0.3 is 5.97 Å². The maximum atomic E-state index is 12.3. The average Bonchev–Trinajstić information content (AvgIpc) is 2.65. The monoisotopic (exact) mass is 394 g/mol. The molecule has 2 N–H and O–H groups in total. The van der Waals surface area contributed by atoms with Crippen LogP contribution in [0.4, 0.5) is 5.69 Å². The minimum atomic E-state index is -0.718. The molecule has 0 aliphatic heterocycles. The third kappa shape index (κ3) is 5.15. The van der Waals surface area contributed by atoms with Gasteiger partial charge < -0.3 is 20.1 Å². The van der Waals surface area contributed by atoms with Crippen LogP contribution in [0, 0.1) is 0 Å². The molecular formula is C18H16Cl2N2O4. The van der Waals surface area contributed by atoms with Crippen LogP contribution in [0.2, 0.25) is 10.0 Å². The summed E-state index contributed by atoms with van der Waals surface area (Å²) in [6.07, 6.45) is 1.29. The summed E-state index contributed by atoms with van der Waals surface area (Å²) < 4.78 is 9.73. The van der Waals surface area contributed by atoms with Gasteiger partial charge in [-0.25, -0.2) is 4.79 Å². The lowest BCUT2D eigenvalue weighted by Crippen LogP contribution is -2.28. The number of esters is 1. The van der Waals surface area contributed by atoms with Crippen LogP contribution in [0.15, 0.2) is 54.4 Å². The standard InChI is InChI=1S/C18H16Cl2N2O4/c1-25-13-6-3-11(4-7-13)17(23)22-16(18(24)26-2)10-21-15-8-5-12(19)9-14(15)20/h3-10,21H,1-2H3,(H,22,23)/b16-10-. The second kappa shape index (κ2) is 9.12. The summed E-state index contributed by atoms with van der Waals surface area (Å²) in [6.45, 7) is 0. The summed E-state index contributed by atoms with van der Waals surface area (Å²) in [5.74, 6) is -0.581. The Balaban J connectivity index is 2.18. The fourth-order valence-electron chi connectivity index (χ4n) is 1.95. The van der Waals surface area contributed by atoms with Crippen molar-refractivity contribution in [3.8, 4) is 5.75 Å². The van der Waals surface area contributed by atoms with Crippen LogP contribution >= 0.6 is 23.2 Å². The Bertz CT molecular complexity index is 836. The lowest BCUT2D eigenvalue weighted by Gasteiger charge is -2.10. The number of nitrogens with one attached hydrogen (secondary N) is 2. The van der Waals surface area contributed by atoms with Gasteiger partial charge in [0.2, 0.25) is 0 Å². The molecule has 0 unspecified atom stereocenters. The fourth-order valence-corrected chi connectivity index (χ4v) is 2.41. The minimum absolute atomic E-state index is 0.0839. The van der Waals surface area contributed by atoms with Crippen molar-refractivity contribution in [3.05, 3.63) is 70.0 Å². The largest absolute Gasteiger partial charge is 0.497 e. The summed E-state index contributed by atoms with van der Waals surface area (Å²) in [5, 5.41) is 6.18. The normalized spacial score (nSPS) is 10.8. The summed E-state index contributed by atoms with van der Waals surface area (Å²) >= 11 is 11.9. The van der Waals surface area contributed by atoms with Gasteiger partial charge in [-0.15, -0.1) is 0 Å². The summed E-state index contributed by atoms with van der Waals surface area (Å²) in [6, 6.07) is 11.3. The van der Waals surface area contributed by atoms with E-state index in [2.05, 4.69) is 15.4 Å². The van der Waals surface area contributed by atoms with E-state index in [0.717, 1.165) is 0 Å². The zero-order chi connectivity index (χ0) is 19.1. The van der Waals surface area contributed by atoms with Crippen LogP contribution in [0.1, 0.15) is 10.4 Å². The van der Waals surface area contributed by atoms with Crippen molar-refractivity contribution in [1.82, 2.24) is 5.32 Å². The number of benzene rings is 2. The molecule has 0 saturated heterocycles. The number of halogens is 2. The Hall–Kier alpha value is -2.70. The molecule has 0 saturated carbocycles. The quantitative estimate of drug-likeness (QED) is 0.574. The predicted octanol–water partition coefficient (Wildman–Crippen LogP) is 3.86. The summed E-state index contributed by atoms with van der Waals surface area (Å²) in [7, 11) is 2.74. The molecule has 0 aliphatic carbocycles.